The van der Waals surface area contributed by atoms with Gasteiger partial charge in [-0.2, -0.15) is 0 Å². The Balaban J connectivity index is 2.25. The van der Waals surface area contributed by atoms with Gasteiger partial charge in [0.2, 0.25) is 11.8 Å². The number of methoxy groups -OCH3 is 1. The van der Waals surface area contributed by atoms with Crippen molar-refractivity contribution in [2.75, 3.05) is 26.9 Å². The molecule has 2 amide bonds. The lowest BCUT2D eigenvalue weighted by Gasteiger charge is -2.45. The summed E-state index contributed by atoms with van der Waals surface area (Å²) in [5.41, 5.74) is -1.35. The molecule has 2 heterocycles. The standard InChI is InChI=1S/C14H24N2O4/c1-5-10-11(17)15-13(2,3)12(18)16(10)8-14(19-4)6-7-20-9-14/h10H,5-9H2,1-4H3,(H,15,17). The molecule has 0 aliphatic carbocycles. The lowest BCUT2D eigenvalue weighted by Crippen LogP contribution is -2.69. The molecule has 2 aliphatic rings. The van der Waals surface area contributed by atoms with Gasteiger partial charge in [-0.1, -0.05) is 6.92 Å². The van der Waals surface area contributed by atoms with Crippen molar-refractivity contribution in [1.82, 2.24) is 10.2 Å². The molecular weight excluding hydrogens is 260 g/mol. The van der Waals surface area contributed by atoms with Gasteiger partial charge in [0.15, 0.2) is 0 Å². The monoisotopic (exact) mass is 284 g/mol. The van der Waals surface area contributed by atoms with E-state index in [1.165, 1.54) is 0 Å². The van der Waals surface area contributed by atoms with Gasteiger partial charge in [-0.15, -0.1) is 0 Å². The third-order valence-corrected chi connectivity index (χ3v) is 4.26. The average molecular weight is 284 g/mol. The van der Waals surface area contributed by atoms with E-state index in [1.807, 2.05) is 6.92 Å². The zero-order valence-corrected chi connectivity index (χ0v) is 12.7. The maximum atomic E-state index is 12.6. The molecule has 0 aromatic heterocycles. The number of hydrogen-bond acceptors (Lipinski definition) is 4. The Morgan fingerprint density at radius 1 is 1.45 bits per heavy atom. The van der Waals surface area contributed by atoms with Crippen LogP contribution in [0.2, 0.25) is 0 Å². The van der Waals surface area contributed by atoms with Crippen LogP contribution in [0.25, 0.3) is 0 Å². The fraction of sp³-hybridized carbons (Fsp3) is 0.857. The van der Waals surface area contributed by atoms with Crippen LogP contribution in [0.4, 0.5) is 0 Å². The number of piperazine rings is 1. The van der Waals surface area contributed by atoms with Gasteiger partial charge in [0, 0.05) is 20.1 Å². The number of rotatable bonds is 4. The quantitative estimate of drug-likeness (QED) is 0.806. The van der Waals surface area contributed by atoms with Crippen LogP contribution in [0, 0.1) is 0 Å². The van der Waals surface area contributed by atoms with E-state index in [2.05, 4.69) is 5.32 Å². The van der Waals surface area contributed by atoms with Gasteiger partial charge in [0.1, 0.15) is 17.2 Å². The van der Waals surface area contributed by atoms with Crippen LogP contribution in [0.1, 0.15) is 33.6 Å². The van der Waals surface area contributed by atoms with Gasteiger partial charge >= 0.3 is 0 Å². The highest BCUT2D eigenvalue weighted by molar-refractivity contribution is 5.99. The molecule has 1 N–H and O–H groups in total. The number of carbonyl (C=O) groups excluding carboxylic acids is 2. The molecule has 6 nitrogen and oxygen atoms in total. The van der Waals surface area contributed by atoms with Gasteiger partial charge in [-0.3, -0.25) is 9.59 Å². The van der Waals surface area contributed by atoms with Crippen LogP contribution in [-0.2, 0) is 19.1 Å². The van der Waals surface area contributed by atoms with E-state index in [0.29, 0.717) is 26.2 Å². The first-order valence-electron chi connectivity index (χ1n) is 7.11. The van der Waals surface area contributed by atoms with E-state index in [4.69, 9.17) is 9.47 Å². The predicted molar refractivity (Wildman–Crippen MR) is 73.2 cm³/mol. The second-order valence-electron chi connectivity index (χ2n) is 6.16. The van der Waals surface area contributed by atoms with Crippen molar-refractivity contribution in [1.29, 1.82) is 0 Å². The molecule has 2 rings (SSSR count). The minimum atomic E-state index is -0.864. The molecular formula is C14H24N2O4. The maximum absolute atomic E-state index is 12.6. The normalized spacial score (nSPS) is 33.4. The number of carbonyl (C=O) groups is 2. The van der Waals surface area contributed by atoms with Gasteiger partial charge < -0.3 is 19.7 Å². The highest BCUT2D eigenvalue weighted by Gasteiger charge is 2.48. The van der Waals surface area contributed by atoms with Crippen molar-refractivity contribution < 1.29 is 19.1 Å². The van der Waals surface area contributed by atoms with Gasteiger partial charge in [0.05, 0.1) is 13.2 Å². The number of nitrogens with zero attached hydrogens (tertiary/aromatic N) is 1. The van der Waals surface area contributed by atoms with Crippen molar-refractivity contribution in [2.45, 2.75) is 50.8 Å². The smallest absolute Gasteiger partial charge is 0.248 e. The fourth-order valence-corrected chi connectivity index (χ4v) is 2.92. The molecule has 0 spiro atoms. The van der Waals surface area contributed by atoms with E-state index >= 15 is 0 Å². The molecule has 2 saturated heterocycles. The molecule has 2 aliphatic heterocycles. The summed E-state index contributed by atoms with van der Waals surface area (Å²) in [6.45, 7) is 6.87. The molecule has 0 bridgehead atoms. The molecule has 2 atom stereocenters. The lowest BCUT2D eigenvalue weighted by molar-refractivity contribution is -0.158. The molecule has 0 aromatic carbocycles. The summed E-state index contributed by atoms with van der Waals surface area (Å²) in [5.74, 6) is -0.158. The Labute approximate surface area is 119 Å². The van der Waals surface area contributed by atoms with Gasteiger partial charge in [-0.25, -0.2) is 0 Å². The van der Waals surface area contributed by atoms with E-state index < -0.39 is 17.2 Å². The van der Waals surface area contributed by atoms with Crippen LogP contribution in [0.3, 0.4) is 0 Å². The first-order valence-corrected chi connectivity index (χ1v) is 7.11. The third-order valence-electron chi connectivity index (χ3n) is 4.26. The van der Waals surface area contributed by atoms with Crippen molar-refractivity contribution in [3.63, 3.8) is 0 Å². The molecule has 0 radical (unpaired) electrons. The summed E-state index contributed by atoms with van der Waals surface area (Å²) in [6, 6.07) is -0.428. The zero-order valence-electron chi connectivity index (χ0n) is 12.7. The van der Waals surface area contributed by atoms with Crippen molar-refractivity contribution in [2.24, 2.45) is 0 Å². The Kier molecular flexibility index (Phi) is 4.07. The van der Waals surface area contributed by atoms with Crippen LogP contribution in [0.15, 0.2) is 0 Å². The Morgan fingerprint density at radius 3 is 2.65 bits per heavy atom. The highest BCUT2D eigenvalue weighted by Crippen LogP contribution is 2.28. The van der Waals surface area contributed by atoms with Crippen molar-refractivity contribution >= 4 is 11.8 Å². The molecule has 20 heavy (non-hydrogen) atoms. The van der Waals surface area contributed by atoms with Gasteiger partial charge in [0.25, 0.3) is 0 Å². The molecule has 0 aromatic rings. The topological polar surface area (TPSA) is 67.9 Å². The van der Waals surface area contributed by atoms with E-state index in [1.54, 1.807) is 25.9 Å². The maximum Gasteiger partial charge on any atom is 0.248 e. The predicted octanol–water partition coefficient (Wildman–Crippen LogP) is 0.308. The van der Waals surface area contributed by atoms with Gasteiger partial charge in [-0.05, 0) is 20.3 Å². The third kappa shape index (κ3) is 2.54. The fourth-order valence-electron chi connectivity index (χ4n) is 2.92. The number of ether oxygens (including phenoxy) is 2. The molecule has 0 saturated carbocycles. The minimum Gasteiger partial charge on any atom is -0.378 e. The van der Waals surface area contributed by atoms with E-state index in [0.717, 1.165) is 6.42 Å². The molecule has 2 fully saturated rings. The zero-order chi connectivity index (χ0) is 15.0. The molecule has 114 valence electrons. The first kappa shape index (κ1) is 15.3. The van der Waals surface area contributed by atoms with Crippen LogP contribution in [-0.4, -0.2) is 60.8 Å². The van der Waals surface area contributed by atoms with Crippen molar-refractivity contribution in [3.05, 3.63) is 0 Å². The van der Waals surface area contributed by atoms with Crippen LogP contribution >= 0.6 is 0 Å². The van der Waals surface area contributed by atoms with E-state index in [9.17, 15) is 9.59 Å². The summed E-state index contributed by atoms with van der Waals surface area (Å²) in [4.78, 5) is 26.5. The SMILES string of the molecule is CCC1C(=O)NC(C)(C)C(=O)N1CC1(OC)CCOC1. The largest absolute Gasteiger partial charge is 0.378 e. The summed E-state index contributed by atoms with van der Waals surface area (Å²) in [5, 5.41) is 2.79. The summed E-state index contributed by atoms with van der Waals surface area (Å²) in [7, 11) is 1.63. The number of nitrogens with one attached hydrogen (secondary N) is 1. The molecule has 6 heteroatoms. The summed E-state index contributed by atoms with van der Waals surface area (Å²) >= 11 is 0. The molecule has 2 unspecified atom stereocenters. The Morgan fingerprint density at radius 2 is 2.15 bits per heavy atom. The van der Waals surface area contributed by atoms with Crippen LogP contribution in [0.5, 0.6) is 0 Å². The van der Waals surface area contributed by atoms with E-state index in [-0.39, 0.29) is 11.8 Å². The number of amides is 2. The van der Waals surface area contributed by atoms with Crippen LogP contribution < -0.4 is 5.32 Å². The number of hydrogen-bond donors (Lipinski definition) is 1. The average Bonchev–Trinajstić information content (AvgIpc) is 2.85. The Hall–Kier alpha value is -1.14. The van der Waals surface area contributed by atoms with Crippen molar-refractivity contribution in [3.8, 4) is 0 Å². The lowest BCUT2D eigenvalue weighted by atomic mass is 9.92. The summed E-state index contributed by atoms with van der Waals surface area (Å²) in [6.07, 6.45) is 1.33. The second kappa shape index (κ2) is 5.33. The second-order valence-corrected chi connectivity index (χ2v) is 6.16. The summed E-state index contributed by atoms with van der Waals surface area (Å²) < 4.78 is 11.0. The highest BCUT2D eigenvalue weighted by atomic mass is 16.5. The first-order chi connectivity index (χ1) is 9.35. The Bertz CT molecular complexity index is 402. The minimum absolute atomic E-state index is 0.0627.